The van der Waals surface area contributed by atoms with E-state index in [2.05, 4.69) is 15.3 Å². The van der Waals surface area contributed by atoms with Crippen LogP contribution in [0.4, 0.5) is 0 Å². The maximum atomic E-state index is 10.6. The molecule has 9 heavy (non-hydrogen) atoms. The summed E-state index contributed by atoms with van der Waals surface area (Å²) in [5, 5.41) is 3.44. The van der Waals surface area contributed by atoms with Crippen molar-refractivity contribution in [2.75, 3.05) is 7.11 Å². The second kappa shape index (κ2) is 2.30. The zero-order valence-electron chi connectivity index (χ0n) is 4.87. The Hall–Kier alpha value is -1.32. The van der Waals surface area contributed by atoms with Gasteiger partial charge in [-0.05, 0) is 0 Å². The Morgan fingerprint density at radius 3 is 3.00 bits per heavy atom. The lowest BCUT2D eigenvalue weighted by Crippen LogP contribution is -2.03. The molecule has 47 valence electrons. The molecule has 0 saturated carbocycles. The summed E-state index contributed by atoms with van der Waals surface area (Å²) in [7, 11) is 1.31. The molecular formula is C5H5N2O2. The van der Waals surface area contributed by atoms with Gasteiger partial charge in [0.05, 0.1) is 25.1 Å². The van der Waals surface area contributed by atoms with E-state index in [1.165, 1.54) is 19.5 Å². The quantitative estimate of drug-likeness (QED) is 0.449. The molecule has 1 aliphatic rings. The number of nitrogens with zero attached hydrogens (tertiary/aromatic N) is 2. The van der Waals surface area contributed by atoms with Crippen molar-refractivity contribution < 1.29 is 9.53 Å². The van der Waals surface area contributed by atoms with Gasteiger partial charge in [0.1, 0.15) is 0 Å². The maximum absolute atomic E-state index is 10.6. The van der Waals surface area contributed by atoms with Gasteiger partial charge in [-0.3, -0.25) is 0 Å². The van der Waals surface area contributed by atoms with Gasteiger partial charge in [-0.1, -0.05) is 0 Å². The van der Waals surface area contributed by atoms with Gasteiger partial charge in [0.25, 0.3) is 0 Å². The Morgan fingerprint density at radius 2 is 2.56 bits per heavy atom. The maximum Gasteiger partial charge on any atom is 0.341 e. The number of hydrogen-bond acceptors (Lipinski definition) is 3. The van der Waals surface area contributed by atoms with Gasteiger partial charge in [0.15, 0.2) is 0 Å². The molecule has 0 saturated heterocycles. The third-order valence-corrected chi connectivity index (χ3v) is 0.881. The molecule has 0 amide bonds. The van der Waals surface area contributed by atoms with Crippen LogP contribution in [0.25, 0.3) is 0 Å². The van der Waals surface area contributed by atoms with Crippen LogP contribution in [-0.4, -0.2) is 19.3 Å². The minimum Gasteiger partial charge on any atom is -0.465 e. The van der Waals surface area contributed by atoms with E-state index in [1.54, 1.807) is 0 Å². The molecule has 0 aromatic rings. The van der Waals surface area contributed by atoms with E-state index in [1.807, 2.05) is 0 Å². The molecule has 0 spiro atoms. The fraction of sp³-hybridized carbons (Fsp3) is 0.200. The number of carbonyl (C=O) groups excluding carboxylic acids is 1. The fourth-order valence-corrected chi connectivity index (χ4v) is 0.448. The van der Waals surface area contributed by atoms with Crippen LogP contribution >= 0.6 is 0 Å². The second-order valence-electron chi connectivity index (χ2n) is 1.44. The average Bonchev–Trinajstić information content (AvgIpc) is 2.37. The molecule has 1 aliphatic heterocycles. The first-order valence-corrected chi connectivity index (χ1v) is 2.36. The molecule has 4 heteroatoms. The molecule has 1 rings (SSSR count). The highest BCUT2D eigenvalue weighted by molar-refractivity contribution is 6.10. The van der Waals surface area contributed by atoms with E-state index in [4.69, 9.17) is 0 Å². The highest BCUT2D eigenvalue weighted by Crippen LogP contribution is 1.97. The van der Waals surface area contributed by atoms with Crippen molar-refractivity contribution in [3.63, 3.8) is 0 Å². The number of esters is 1. The lowest BCUT2D eigenvalue weighted by molar-refractivity contribution is -0.135. The lowest BCUT2D eigenvalue weighted by Gasteiger charge is -1.91. The summed E-state index contributed by atoms with van der Waals surface area (Å²) in [6.45, 7) is 0. The summed E-state index contributed by atoms with van der Waals surface area (Å²) >= 11 is 0. The fourth-order valence-electron chi connectivity index (χ4n) is 0.448. The summed E-state index contributed by atoms with van der Waals surface area (Å²) in [6.07, 6.45) is 2.71. The Bertz CT molecular complexity index is 183. The van der Waals surface area contributed by atoms with Gasteiger partial charge in [0.2, 0.25) is 0 Å². The van der Waals surface area contributed by atoms with Crippen molar-refractivity contribution in [2.24, 2.45) is 5.10 Å². The Balaban J connectivity index is 2.62. The monoisotopic (exact) mass is 125 g/mol. The van der Waals surface area contributed by atoms with Crippen LogP contribution in [0.5, 0.6) is 0 Å². The normalized spacial score (nSPS) is 14.6. The van der Waals surface area contributed by atoms with Crippen molar-refractivity contribution in [1.82, 2.24) is 5.43 Å². The smallest absolute Gasteiger partial charge is 0.341 e. The first kappa shape index (κ1) is 5.81. The number of carbonyl (C=O) groups is 1. The summed E-state index contributed by atoms with van der Waals surface area (Å²) < 4.78 is 4.38. The molecule has 0 unspecified atom stereocenters. The summed E-state index contributed by atoms with van der Waals surface area (Å²) in [4.78, 5) is 10.6. The van der Waals surface area contributed by atoms with Gasteiger partial charge in [0, 0.05) is 0 Å². The molecular weight excluding hydrogens is 120 g/mol. The van der Waals surface area contributed by atoms with Gasteiger partial charge in [-0.25, -0.2) is 4.79 Å². The molecule has 0 aliphatic carbocycles. The number of hydrogen-bond donors (Lipinski definition) is 0. The molecule has 1 heterocycles. The molecule has 0 fully saturated rings. The minimum absolute atomic E-state index is 0.387. The van der Waals surface area contributed by atoms with Crippen molar-refractivity contribution in [3.05, 3.63) is 11.8 Å². The van der Waals surface area contributed by atoms with Gasteiger partial charge >= 0.3 is 5.97 Å². The number of rotatable bonds is 1. The molecule has 0 atom stereocenters. The van der Waals surface area contributed by atoms with Gasteiger partial charge in [-0.2, -0.15) is 10.5 Å². The Kier molecular flexibility index (Phi) is 1.48. The largest absolute Gasteiger partial charge is 0.465 e. The molecule has 1 radical (unpaired) electrons. The molecule has 0 aromatic heterocycles. The van der Waals surface area contributed by atoms with E-state index in [0.29, 0.717) is 5.57 Å². The van der Waals surface area contributed by atoms with Gasteiger partial charge < -0.3 is 4.74 Å². The summed E-state index contributed by atoms with van der Waals surface area (Å²) in [6, 6.07) is 0. The number of methoxy groups -OCH3 is 1. The minimum atomic E-state index is -0.403. The van der Waals surface area contributed by atoms with Crippen molar-refractivity contribution in [3.8, 4) is 0 Å². The lowest BCUT2D eigenvalue weighted by atomic mass is 10.3. The highest BCUT2D eigenvalue weighted by Gasteiger charge is 2.09. The van der Waals surface area contributed by atoms with E-state index in [-0.39, 0.29) is 0 Å². The van der Waals surface area contributed by atoms with Crippen LogP contribution < -0.4 is 5.43 Å². The topological polar surface area (TPSA) is 52.8 Å². The van der Waals surface area contributed by atoms with E-state index < -0.39 is 5.97 Å². The van der Waals surface area contributed by atoms with Crippen molar-refractivity contribution >= 4 is 12.2 Å². The average molecular weight is 125 g/mol. The van der Waals surface area contributed by atoms with E-state index in [0.717, 1.165) is 0 Å². The first-order valence-electron chi connectivity index (χ1n) is 2.36. The molecule has 0 aromatic carbocycles. The standard InChI is InChI=1S/C5H5N2O2/c1-9-5(8)4-2-6-7-3-4/h2-3H,1H3. The Labute approximate surface area is 52.2 Å². The summed E-state index contributed by atoms with van der Waals surface area (Å²) in [5.74, 6) is -0.403. The van der Waals surface area contributed by atoms with Crippen LogP contribution in [0.15, 0.2) is 16.9 Å². The van der Waals surface area contributed by atoms with E-state index in [9.17, 15) is 4.79 Å². The second-order valence-corrected chi connectivity index (χ2v) is 1.44. The van der Waals surface area contributed by atoms with Crippen LogP contribution in [0, 0.1) is 0 Å². The van der Waals surface area contributed by atoms with Gasteiger partial charge in [-0.15, -0.1) is 0 Å². The van der Waals surface area contributed by atoms with Crippen molar-refractivity contribution in [2.45, 2.75) is 0 Å². The zero-order chi connectivity index (χ0) is 6.69. The predicted molar refractivity (Wildman–Crippen MR) is 30.7 cm³/mol. The Morgan fingerprint density at radius 1 is 1.78 bits per heavy atom. The SMILES string of the molecule is COC(=O)C1=C[N]N=C1. The molecule has 0 N–H and O–H groups in total. The van der Waals surface area contributed by atoms with Crippen molar-refractivity contribution in [1.29, 1.82) is 0 Å². The van der Waals surface area contributed by atoms with Crippen LogP contribution in [0.3, 0.4) is 0 Å². The highest BCUT2D eigenvalue weighted by atomic mass is 16.5. The third kappa shape index (κ3) is 1.07. The van der Waals surface area contributed by atoms with Crippen LogP contribution in [-0.2, 0) is 9.53 Å². The van der Waals surface area contributed by atoms with E-state index >= 15 is 0 Å². The third-order valence-electron chi connectivity index (χ3n) is 0.881. The van der Waals surface area contributed by atoms with Crippen LogP contribution in [0.2, 0.25) is 0 Å². The number of ether oxygens (including phenoxy) is 1. The molecule has 0 bridgehead atoms. The zero-order valence-corrected chi connectivity index (χ0v) is 4.87. The molecule has 4 nitrogen and oxygen atoms in total. The predicted octanol–water partition coefficient (Wildman–Crippen LogP) is -0.353. The summed E-state index contributed by atoms with van der Waals surface area (Å²) in [5.41, 5.74) is 3.83. The first-order chi connectivity index (χ1) is 4.34. The van der Waals surface area contributed by atoms with Crippen LogP contribution in [0.1, 0.15) is 0 Å².